The van der Waals surface area contributed by atoms with E-state index in [1.807, 2.05) is 0 Å². The largest absolute Gasteiger partial charge is 0.326 e. The molecule has 5 heteroatoms. The monoisotopic (exact) mass is 272 g/mol. The molecule has 1 aromatic rings. The Morgan fingerprint density at radius 1 is 1.56 bits per heavy atom. The van der Waals surface area contributed by atoms with Gasteiger partial charge in [0.25, 0.3) is 0 Å². The maximum absolute atomic E-state index is 13.3. The average molecular weight is 273 g/mol. The molecule has 0 saturated carbocycles. The van der Waals surface area contributed by atoms with E-state index in [2.05, 4.69) is 10.6 Å². The lowest BCUT2D eigenvalue weighted by molar-refractivity contribution is -0.116. The Balaban J connectivity index is 0.00000162. The Morgan fingerprint density at radius 3 is 3.00 bits per heavy atom. The van der Waals surface area contributed by atoms with Crippen molar-refractivity contribution in [1.82, 2.24) is 5.32 Å². The summed E-state index contributed by atoms with van der Waals surface area (Å²) in [4.78, 5) is 11.8. The molecule has 3 nitrogen and oxygen atoms in total. The summed E-state index contributed by atoms with van der Waals surface area (Å²) in [6.45, 7) is 2.65. The van der Waals surface area contributed by atoms with Crippen molar-refractivity contribution in [2.24, 2.45) is 0 Å². The Kier molecular flexibility index (Phi) is 5.56. The molecular formula is C13H18ClFN2O. The molecule has 1 aliphatic heterocycles. The molecule has 18 heavy (non-hydrogen) atoms. The van der Waals surface area contributed by atoms with Gasteiger partial charge in [0.1, 0.15) is 5.82 Å². The number of benzene rings is 1. The Hall–Kier alpha value is -1.13. The minimum atomic E-state index is -0.290. The fourth-order valence-electron chi connectivity index (χ4n) is 2.10. The van der Waals surface area contributed by atoms with Crippen LogP contribution in [0.1, 0.15) is 24.8 Å². The van der Waals surface area contributed by atoms with Crippen molar-refractivity contribution < 1.29 is 9.18 Å². The van der Waals surface area contributed by atoms with Crippen LogP contribution in [0.4, 0.5) is 10.1 Å². The first-order valence-electron chi connectivity index (χ1n) is 5.95. The highest BCUT2D eigenvalue weighted by atomic mass is 35.5. The third-order valence-corrected chi connectivity index (χ3v) is 3.14. The topological polar surface area (TPSA) is 41.1 Å². The van der Waals surface area contributed by atoms with Crippen LogP contribution in [-0.4, -0.2) is 18.5 Å². The van der Waals surface area contributed by atoms with Gasteiger partial charge in [0.2, 0.25) is 5.91 Å². The van der Waals surface area contributed by atoms with Crippen molar-refractivity contribution in [3.8, 4) is 0 Å². The Morgan fingerprint density at radius 2 is 2.33 bits per heavy atom. The molecule has 0 aliphatic carbocycles. The van der Waals surface area contributed by atoms with Gasteiger partial charge in [0.05, 0.1) is 0 Å². The van der Waals surface area contributed by atoms with Gasteiger partial charge in [0.15, 0.2) is 0 Å². The minimum absolute atomic E-state index is 0. The normalized spacial score (nSPS) is 18.2. The van der Waals surface area contributed by atoms with E-state index in [1.165, 1.54) is 6.07 Å². The lowest BCUT2D eigenvalue weighted by Crippen LogP contribution is -2.27. The van der Waals surface area contributed by atoms with Crippen LogP contribution in [0.5, 0.6) is 0 Å². The average Bonchev–Trinajstić information content (AvgIpc) is 2.77. The van der Waals surface area contributed by atoms with E-state index in [-0.39, 0.29) is 30.2 Å². The van der Waals surface area contributed by atoms with E-state index in [1.54, 1.807) is 19.1 Å². The first kappa shape index (κ1) is 14.9. The summed E-state index contributed by atoms with van der Waals surface area (Å²) in [6, 6.07) is 4.98. The lowest BCUT2D eigenvalue weighted by atomic mass is 10.1. The summed E-state index contributed by atoms with van der Waals surface area (Å²) in [5.41, 5.74) is 1.05. The lowest BCUT2D eigenvalue weighted by Gasteiger charge is -2.12. The van der Waals surface area contributed by atoms with Crippen LogP contribution in [0.15, 0.2) is 18.2 Å². The fraction of sp³-hybridized carbons (Fsp3) is 0.462. The van der Waals surface area contributed by atoms with E-state index >= 15 is 0 Å². The van der Waals surface area contributed by atoms with Gasteiger partial charge in [-0.05, 0) is 38.4 Å². The van der Waals surface area contributed by atoms with Gasteiger partial charge >= 0.3 is 0 Å². The van der Waals surface area contributed by atoms with E-state index in [0.717, 1.165) is 19.4 Å². The molecule has 2 rings (SSSR count). The summed E-state index contributed by atoms with van der Waals surface area (Å²) in [7, 11) is 0. The van der Waals surface area contributed by atoms with Gasteiger partial charge in [-0.25, -0.2) is 4.39 Å². The van der Waals surface area contributed by atoms with Crippen molar-refractivity contribution >= 4 is 24.0 Å². The van der Waals surface area contributed by atoms with E-state index in [4.69, 9.17) is 0 Å². The predicted octanol–water partition coefficient (Wildman–Crippen LogP) is 2.64. The molecule has 100 valence electrons. The van der Waals surface area contributed by atoms with Crippen molar-refractivity contribution in [3.63, 3.8) is 0 Å². The second-order valence-electron chi connectivity index (χ2n) is 4.46. The first-order chi connectivity index (χ1) is 8.16. The standard InChI is InChI=1S/C13H17FN2O.ClH/c1-9-11(14)5-2-6-12(9)16-13(17)8-10-4-3-7-15-10;/h2,5-6,10,15H,3-4,7-8H2,1H3,(H,16,17);1H. The molecule has 1 unspecified atom stereocenters. The van der Waals surface area contributed by atoms with Crippen molar-refractivity contribution in [1.29, 1.82) is 0 Å². The van der Waals surface area contributed by atoms with Crippen molar-refractivity contribution in [2.45, 2.75) is 32.2 Å². The number of anilines is 1. The van der Waals surface area contributed by atoms with Crippen LogP contribution in [0.2, 0.25) is 0 Å². The quantitative estimate of drug-likeness (QED) is 0.888. The van der Waals surface area contributed by atoms with Gasteiger partial charge in [0, 0.05) is 23.7 Å². The molecule has 0 radical (unpaired) electrons. The smallest absolute Gasteiger partial charge is 0.225 e. The van der Waals surface area contributed by atoms with Crippen LogP contribution in [0, 0.1) is 12.7 Å². The molecule has 1 atom stereocenters. The Bertz CT molecular complexity index is 419. The Labute approximate surface area is 113 Å². The van der Waals surface area contributed by atoms with Crippen LogP contribution >= 0.6 is 12.4 Å². The summed E-state index contributed by atoms with van der Waals surface area (Å²) >= 11 is 0. The van der Waals surface area contributed by atoms with Gasteiger partial charge in [-0.15, -0.1) is 12.4 Å². The zero-order chi connectivity index (χ0) is 12.3. The molecule has 1 aromatic carbocycles. The first-order valence-corrected chi connectivity index (χ1v) is 5.95. The van der Waals surface area contributed by atoms with Gasteiger partial charge in [-0.1, -0.05) is 6.07 Å². The number of hydrogen-bond donors (Lipinski definition) is 2. The third-order valence-electron chi connectivity index (χ3n) is 3.14. The highest BCUT2D eigenvalue weighted by molar-refractivity contribution is 5.91. The summed E-state index contributed by atoms with van der Waals surface area (Å²) < 4.78 is 13.3. The minimum Gasteiger partial charge on any atom is -0.326 e. The molecular weight excluding hydrogens is 255 g/mol. The second kappa shape index (κ2) is 6.71. The highest BCUT2D eigenvalue weighted by Crippen LogP contribution is 2.18. The number of halogens is 2. The second-order valence-corrected chi connectivity index (χ2v) is 4.46. The SMILES string of the molecule is Cc1c(F)cccc1NC(=O)CC1CCCN1.Cl. The predicted molar refractivity (Wildman–Crippen MR) is 72.7 cm³/mol. The summed E-state index contributed by atoms with van der Waals surface area (Å²) in [5.74, 6) is -0.347. The molecule has 0 bridgehead atoms. The molecule has 1 amide bonds. The van der Waals surface area contributed by atoms with Crippen molar-refractivity contribution in [3.05, 3.63) is 29.6 Å². The van der Waals surface area contributed by atoms with Crippen LogP contribution in [0.3, 0.4) is 0 Å². The van der Waals surface area contributed by atoms with E-state index < -0.39 is 0 Å². The number of amides is 1. The molecule has 0 aromatic heterocycles. The van der Waals surface area contributed by atoms with Crippen LogP contribution in [-0.2, 0) is 4.79 Å². The summed E-state index contributed by atoms with van der Waals surface area (Å²) in [6.07, 6.45) is 2.61. The van der Waals surface area contributed by atoms with E-state index in [9.17, 15) is 9.18 Å². The molecule has 1 fully saturated rings. The van der Waals surface area contributed by atoms with E-state index in [0.29, 0.717) is 17.7 Å². The molecule has 2 N–H and O–H groups in total. The van der Waals surface area contributed by atoms with Crippen molar-refractivity contribution in [2.75, 3.05) is 11.9 Å². The fourth-order valence-corrected chi connectivity index (χ4v) is 2.10. The molecule has 1 aliphatic rings. The molecule has 1 saturated heterocycles. The zero-order valence-electron chi connectivity index (χ0n) is 10.3. The molecule has 0 spiro atoms. The van der Waals surface area contributed by atoms with Gasteiger partial charge < -0.3 is 10.6 Å². The zero-order valence-corrected chi connectivity index (χ0v) is 11.1. The molecule has 1 heterocycles. The highest BCUT2D eigenvalue weighted by Gasteiger charge is 2.18. The van der Waals surface area contributed by atoms with Crippen LogP contribution < -0.4 is 10.6 Å². The number of carbonyl (C=O) groups is 1. The number of nitrogens with one attached hydrogen (secondary N) is 2. The number of carbonyl (C=O) groups excluding carboxylic acids is 1. The van der Waals surface area contributed by atoms with Crippen LogP contribution in [0.25, 0.3) is 0 Å². The summed E-state index contributed by atoms with van der Waals surface area (Å²) in [5, 5.41) is 6.02. The van der Waals surface area contributed by atoms with Gasteiger partial charge in [-0.3, -0.25) is 4.79 Å². The van der Waals surface area contributed by atoms with Gasteiger partial charge in [-0.2, -0.15) is 0 Å². The number of hydrogen-bond acceptors (Lipinski definition) is 2. The maximum Gasteiger partial charge on any atom is 0.225 e. The number of rotatable bonds is 3. The maximum atomic E-state index is 13.3. The third kappa shape index (κ3) is 3.68.